The number of allylic oxidation sites excluding steroid dienone is 1. The van der Waals surface area contributed by atoms with Gasteiger partial charge in [0.2, 0.25) is 0 Å². The highest BCUT2D eigenvalue weighted by Gasteiger charge is 2.28. The van der Waals surface area contributed by atoms with E-state index in [1.165, 1.54) is 0 Å². The summed E-state index contributed by atoms with van der Waals surface area (Å²) in [5.41, 5.74) is 2.08. The van der Waals surface area contributed by atoms with E-state index in [4.69, 9.17) is 4.74 Å². The first kappa shape index (κ1) is 21.9. The number of nitrogens with zero attached hydrogens (tertiary/aromatic N) is 1. The first-order valence-electron chi connectivity index (χ1n) is 10.7. The Bertz CT molecular complexity index is 1340. The van der Waals surface area contributed by atoms with Crippen molar-refractivity contribution in [2.75, 3.05) is 0 Å². The molecule has 2 unspecified atom stereocenters. The van der Waals surface area contributed by atoms with E-state index >= 15 is 0 Å². The molecule has 1 N–H and O–H groups in total. The van der Waals surface area contributed by atoms with E-state index < -0.39 is 17.8 Å². The van der Waals surface area contributed by atoms with Crippen LogP contribution in [0, 0.1) is 11.3 Å². The van der Waals surface area contributed by atoms with Crippen LogP contribution in [0.4, 0.5) is 0 Å². The number of hydrogen-bond donors (Lipinski definition) is 1. The van der Waals surface area contributed by atoms with Crippen molar-refractivity contribution in [3.05, 3.63) is 120 Å². The number of carboxylic acids is 1. The minimum absolute atomic E-state index is 0.274. The smallest absolute Gasteiger partial charge is 0.311 e. The lowest BCUT2D eigenvalue weighted by atomic mass is 9.80. The average molecular weight is 434 g/mol. The molecule has 0 saturated heterocycles. The lowest BCUT2D eigenvalue weighted by Gasteiger charge is -2.22. The number of carbonyl (C=O) groups is 1. The van der Waals surface area contributed by atoms with Gasteiger partial charge in [-0.05, 0) is 58.1 Å². The van der Waals surface area contributed by atoms with E-state index in [1.54, 1.807) is 6.08 Å². The zero-order valence-electron chi connectivity index (χ0n) is 18.0. The maximum absolute atomic E-state index is 12.1. The molecule has 0 heterocycles. The molecule has 0 aromatic heterocycles. The summed E-state index contributed by atoms with van der Waals surface area (Å²) in [6.07, 6.45) is 1.88. The van der Waals surface area contributed by atoms with Gasteiger partial charge in [0.15, 0.2) is 0 Å². The average Bonchev–Trinajstić information content (AvgIpc) is 2.84. The number of ether oxygens (including phenoxy) is 1. The highest BCUT2D eigenvalue weighted by atomic mass is 16.5. The Kier molecular flexibility index (Phi) is 6.52. The molecule has 0 radical (unpaired) electrons. The summed E-state index contributed by atoms with van der Waals surface area (Å²) >= 11 is 0. The van der Waals surface area contributed by atoms with Crippen molar-refractivity contribution in [3.8, 4) is 17.6 Å². The lowest BCUT2D eigenvalue weighted by Crippen LogP contribution is -2.15. The van der Waals surface area contributed by atoms with Gasteiger partial charge in [-0.1, -0.05) is 72.8 Å². The molecule has 4 rings (SSSR count). The summed E-state index contributed by atoms with van der Waals surface area (Å²) in [5.74, 6) is -1.09. The number of nitriles is 1. The van der Waals surface area contributed by atoms with Gasteiger partial charge in [0.05, 0.1) is 17.9 Å². The third-order valence-corrected chi connectivity index (χ3v) is 5.67. The number of fused-ring (bicyclic) bond motifs is 1. The summed E-state index contributed by atoms with van der Waals surface area (Å²) in [6, 6.07) is 30.7. The molecule has 0 bridgehead atoms. The molecule has 0 aliphatic rings. The molecule has 0 spiro atoms. The van der Waals surface area contributed by atoms with Crippen molar-refractivity contribution in [3.63, 3.8) is 0 Å². The van der Waals surface area contributed by atoms with Crippen molar-refractivity contribution in [2.24, 2.45) is 0 Å². The molecule has 162 valence electrons. The van der Waals surface area contributed by atoms with E-state index in [1.807, 2.05) is 91.0 Å². The SMILES string of the molecule is C=CCC(C(=O)O)c1ccc2ccccc2c1C(C#N)c1cccc(Oc2ccccc2)c1. The third kappa shape index (κ3) is 4.63. The molecular weight excluding hydrogens is 410 g/mol. The molecule has 0 saturated carbocycles. The van der Waals surface area contributed by atoms with Crippen LogP contribution in [0.15, 0.2) is 104 Å². The fraction of sp³-hybridized carbons (Fsp3) is 0.103. The predicted octanol–water partition coefficient (Wildman–Crippen LogP) is 7.03. The molecule has 0 aliphatic carbocycles. The van der Waals surface area contributed by atoms with Crippen LogP contribution in [0.5, 0.6) is 11.5 Å². The van der Waals surface area contributed by atoms with Crippen LogP contribution in [0.3, 0.4) is 0 Å². The molecule has 2 atom stereocenters. The largest absolute Gasteiger partial charge is 0.481 e. The number of benzene rings is 4. The van der Waals surface area contributed by atoms with Crippen LogP contribution in [-0.4, -0.2) is 11.1 Å². The fourth-order valence-corrected chi connectivity index (χ4v) is 4.15. The molecule has 4 nitrogen and oxygen atoms in total. The van der Waals surface area contributed by atoms with Gasteiger partial charge in [0.25, 0.3) is 0 Å². The van der Waals surface area contributed by atoms with Gasteiger partial charge < -0.3 is 9.84 Å². The van der Waals surface area contributed by atoms with Crippen LogP contribution in [0.1, 0.15) is 34.9 Å². The monoisotopic (exact) mass is 433 g/mol. The normalized spacial score (nSPS) is 12.5. The van der Waals surface area contributed by atoms with Gasteiger partial charge in [-0.2, -0.15) is 5.26 Å². The number of aliphatic carboxylic acids is 1. The van der Waals surface area contributed by atoms with E-state index in [9.17, 15) is 15.2 Å². The molecule has 0 fully saturated rings. The topological polar surface area (TPSA) is 70.3 Å². The lowest BCUT2D eigenvalue weighted by molar-refractivity contribution is -0.138. The molecule has 4 aromatic rings. The predicted molar refractivity (Wildman–Crippen MR) is 130 cm³/mol. The summed E-state index contributed by atoms with van der Waals surface area (Å²) in [5, 5.41) is 22.0. The second-order valence-electron chi connectivity index (χ2n) is 7.75. The minimum Gasteiger partial charge on any atom is -0.481 e. The number of para-hydroxylation sites is 1. The highest BCUT2D eigenvalue weighted by molar-refractivity contribution is 5.90. The van der Waals surface area contributed by atoms with Crippen LogP contribution >= 0.6 is 0 Å². The summed E-state index contributed by atoms with van der Waals surface area (Å²) < 4.78 is 5.97. The van der Waals surface area contributed by atoms with Crippen molar-refractivity contribution in [1.82, 2.24) is 0 Å². The van der Waals surface area contributed by atoms with Gasteiger partial charge in [-0.3, -0.25) is 4.79 Å². The Hall–Kier alpha value is -4.36. The third-order valence-electron chi connectivity index (χ3n) is 5.67. The molecule has 4 heteroatoms. The second kappa shape index (κ2) is 9.84. The maximum Gasteiger partial charge on any atom is 0.311 e. The van der Waals surface area contributed by atoms with Crippen LogP contribution in [-0.2, 0) is 4.79 Å². The molecule has 4 aromatic carbocycles. The van der Waals surface area contributed by atoms with Gasteiger partial charge in [-0.25, -0.2) is 0 Å². The van der Waals surface area contributed by atoms with Crippen LogP contribution in [0.2, 0.25) is 0 Å². The van der Waals surface area contributed by atoms with E-state index in [2.05, 4.69) is 12.6 Å². The zero-order chi connectivity index (χ0) is 23.2. The fourth-order valence-electron chi connectivity index (χ4n) is 4.15. The van der Waals surface area contributed by atoms with Gasteiger partial charge in [0, 0.05) is 0 Å². The van der Waals surface area contributed by atoms with Crippen LogP contribution < -0.4 is 4.74 Å². The van der Waals surface area contributed by atoms with E-state index in [0.29, 0.717) is 22.6 Å². The highest BCUT2D eigenvalue weighted by Crippen LogP contribution is 2.39. The minimum atomic E-state index is -0.940. The van der Waals surface area contributed by atoms with Gasteiger partial charge >= 0.3 is 5.97 Å². The van der Waals surface area contributed by atoms with Crippen molar-refractivity contribution < 1.29 is 14.6 Å². The zero-order valence-corrected chi connectivity index (χ0v) is 18.0. The summed E-state index contributed by atoms with van der Waals surface area (Å²) in [4.78, 5) is 12.1. The Labute approximate surface area is 193 Å². The van der Waals surface area contributed by atoms with Crippen LogP contribution in [0.25, 0.3) is 10.8 Å². The maximum atomic E-state index is 12.1. The van der Waals surface area contributed by atoms with Crippen molar-refractivity contribution >= 4 is 16.7 Å². The molecular formula is C29H23NO3. The Balaban J connectivity index is 1.87. The first-order chi connectivity index (χ1) is 16.1. The number of hydrogen-bond acceptors (Lipinski definition) is 3. The Morgan fingerprint density at radius 2 is 1.70 bits per heavy atom. The first-order valence-corrected chi connectivity index (χ1v) is 10.7. The van der Waals surface area contributed by atoms with E-state index in [-0.39, 0.29) is 6.42 Å². The molecule has 0 aliphatic heterocycles. The Morgan fingerprint density at radius 3 is 2.42 bits per heavy atom. The van der Waals surface area contributed by atoms with Crippen molar-refractivity contribution in [2.45, 2.75) is 18.3 Å². The number of carboxylic acid groups (broad SMARTS) is 1. The molecule has 0 amide bonds. The molecule has 33 heavy (non-hydrogen) atoms. The quantitative estimate of drug-likeness (QED) is 0.303. The van der Waals surface area contributed by atoms with Gasteiger partial charge in [0.1, 0.15) is 11.5 Å². The van der Waals surface area contributed by atoms with Crippen molar-refractivity contribution in [1.29, 1.82) is 5.26 Å². The number of rotatable bonds is 8. The van der Waals surface area contributed by atoms with E-state index in [0.717, 1.165) is 16.3 Å². The standard InChI is InChI=1S/C29H23NO3/c1-2-9-26(29(31)32)25-17-16-20-10-6-7-15-24(20)28(25)27(19-30)21-11-8-14-23(18-21)33-22-12-4-3-5-13-22/h2-8,10-18,26-27H,1,9H2,(H,31,32). The second-order valence-corrected chi connectivity index (χ2v) is 7.75. The van der Waals surface area contributed by atoms with Gasteiger partial charge in [-0.15, -0.1) is 6.58 Å². The summed E-state index contributed by atoms with van der Waals surface area (Å²) in [7, 11) is 0. The summed E-state index contributed by atoms with van der Waals surface area (Å²) in [6.45, 7) is 3.73. The Morgan fingerprint density at radius 1 is 0.970 bits per heavy atom.